The lowest BCUT2D eigenvalue weighted by molar-refractivity contribution is -0.125. The highest BCUT2D eigenvalue weighted by molar-refractivity contribution is 6.01. The number of hydrogen-bond donors (Lipinski definition) is 0. The van der Waals surface area contributed by atoms with Gasteiger partial charge in [-0.15, -0.1) is 0 Å². The number of benzene rings is 1. The molecule has 0 aliphatic carbocycles. The minimum absolute atomic E-state index is 0.288. The first-order valence-electron chi connectivity index (χ1n) is 6.31. The van der Waals surface area contributed by atoms with E-state index in [1.807, 2.05) is 6.07 Å². The van der Waals surface area contributed by atoms with E-state index in [1.54, 1.807) is 0 Å². The van der Waals surface area contributed by atoms with Gasteiger partial charge in [0.1, 0.15) is 0 Å². The van der Waals surface area contributed by atoms with Crippen molar-refractivity contribution in [3.8, 4) is 0 Å². The third-order valence-corrected chi connectivity index (χ3v) is 3.80. The Labute approximate surface area is 102 Å². The van der Waals surface area contributed by atoms with E-state index in [2.05, 4.69) is 36.1 Å². The normalized spacial score (nSPS) is 22.5. The topological polar surface area (TPSA) is 20.3 Å². The van der Waals surface area contributed by atoms with E-state index in [9.17, 15) is 4.79 Å². The Morgan fingerprint density at radius 1 is 1.29 bits per heavy atom. The van der Waals surface area contributed by atoms with Crippen LogP contribution in [0.3, 0.4) is 0 Å². The second-order valence-corrected chi connectivity index (χ2v) is 5.07. The van der Waals surface area contributed by atoms with Crippen molar-refractivity contribution in [2.24, 2.45) is 5.92 Å². The zero-order chi connectivity index (χ0) is 11.8. The summed E-state index contributed by atoms with van der Waals surface area (Å²) in [4.78, 5) is 14.4. The van der Waals surface area contributed by atoms with Gasteiger partial charge in [-0.25, -0.2) is 0 Å². The molecular weight excluding hydrogens is 210 g/mol. The minimum atomic E-state index is 0.288. The van der Waals surface area contributed by atoms with Crippen LogP contribution in [0.4, 0.5) is 0 Å². The van der Waals surface area contributed by atoms with Crippen molar-refractivity contribution in [2.75, 3.05) is 13.1 Å². The van der Waals surface area contributed by atoms with Crippen molar-refractivity contribution >= 4 is 11.9 Å². The quantitative estimate of drug-likeness (QED) is 0.687. The van der Waals surface area contributed by atoms with Crippen LogP contribution in [0.25, 0.3) is 6.08 Å². The SMILES string of the molecule is Cc1cccc(/C=C2/C(=O)C3CCN2CC3)c1. The molecule has 3 fully saturated rings. The van der Waals surface area contributed by atoms with Gasteiger partial charge in [-0.05, 0) is 31.4 Å². The summed E-state index contributed by atoms with van der Waals surface area (Å²) >= 11 is 0. The van der Waals surface area contributed by atoms with Crippen LogP contribution < -0.4 is 0 Å². The second-order valence-electron chi connectivity index (χ2n) is 5.07. The Morgan fingerprint density at radius 2 is 2.06 bits per heavy atom. The Kier molecular flexibility index (Phi) is 2.50. The number of carbonyl (C=O) groups excluding carboxylic acids is 1. The molecule has 2 heteroatoms. The number of carbonyl (C=O) groups is 1. The summed E-state index contributed by atoms with van der Waals surface area (Å²) in [6.07, 6.45) is 4.15. The van der Waals surface area contributed by atoms with Crippen LogP contribution in [-0.2, 0) is 4.79 Å². The number of rotatable bonds is 1. The maximum atomic E-state index is 12.2. The number of nitrogens with zero attached hydrogens (tertiary/aromatic N) is 1. The summed E-state index contributed by atoms with van der Waals surface area (Å²) < 4.78 is 0. The van der Waals surface area contributed by atoms with Gasteiger partial charge in [-0.2, -0.15) is 0 Å². The average molecular weight is 227 g/mol. The fourth-order valence-electron chi connectivity index (χ4n) is 2.83. The summed E-state index contributed by atoms with van der Waals surface area (Å²) in [5.74, 6) is 0.639. The van der Waals surface area contributed by atoms with Gasteiger partial charge >= 0.3 is 0 Å². The number of ketones is 1. The van der Waals surface area contributed by atoms with Gasteiger partial charge in [0.25, 0.3) is 0 Å². The van der Waals surface area contributed by atoms with Gasteiger partial charge in [0, 0.05) is 19.0 Å². The molecule has 3 saturated heterocycles. The molecule has 0 saturated carbocycles. The summed E-state index contributed by atoms with van der Waals surface area (Å²) in [7, 11) is 0. The molecule has 0 unspecified atom stereocenters. The van der Waals surface area contributed by atoms with Gasteiger partial charge in [-0.3, -0.25) is 4.79 Å². The van der Waals surface area contributed by atoms with Crippen LogP contribution in [0.5, 0.6) is 0 Å². The second kappa shape index (κ2) is 4.02. The standard InChI is InChI=1S/C15H17NO/c1-11-3-2-4-12(9-11)10-14-15(17)13-5-7-16(14)8-6-13/h2-4,9-10,13H,5-8H2,1H3/b14-10-. The van der Waals surface area contributed by atoms with E-state index < -0.39 is 0 Å². The summed E-state index contributed by atoms with van der Waals surface area (Å²) in [5, 5.41) is 0. The van der Waals surface area contributed by atoms with E-state index in [4.69, 9.17) is 0 Å². The Bertz CT molecular complexity index is 481. The third kappa shape index (κ3) is 1.88. The number of aryl methyl sites for hydroxylation is 1. The van der Waals surface area contributed by atoms with Crippen molar-refractivity contribution < 1.29 is 4.79 Å². The zero-order valence-electron chi connectivity index (χ0n) is 10.1. The van der Waals surface area contributed by atoms with Crippen LogP contribution in [0, 0.1) is 12.8 Å². The van der Waals surface area contributed by atoms with Crippen molar-refractivity contribution in [2.45, 2.75) is 19.8 Å². The monoisotopic (exact) mass is 227 g/mol. The number of Topliss-reactive ketones (excluding diaryl/α,β-unsaturated/α-hetero) is 1. The fraction of sp³-hybridized carbons (Fsp3) is 0.400. The molecule has 88 valence electrons. The summed E-state index contributed by atoms with van der Waals surface area (Å²) in [6, 6.07) is 8.32. The molecule has 0 N–H and O–H groups in total. The predicted octanol–water partition coefficient (Wildman–Crippen LogP) is 2.63. The lowest BCUT2D eigenvalue weighted by atomic mass is 9.84. The largest absolute Gasteiger partial charge is 0.369 e. The highest BCUT2D eigenvalue weighted by Gasteiger charge is 2.36. The van der Waals surface area contributed by atoms with Crippen LogP contribution in [0.1, 0.15) is 24.0 Å². The highest BCUT2D eigenvalue weighted by atomic mass is 16.1. The van der Waals surface area contributed by atoms with Crippen LogP contribution in [0.15, 0.2) is 30.0 Å². The van der Waals surface area contributed by atoms with Crippen molar-refractivity contribution in [3.05, 3.63) is 41.1 Å². The van der Waals surface area contributed by atoms with Gasteiger partial charge in [0.05, 0.1) is 5.70 Å². The maximum absolute atomic E-state index is 12.2. The Balaban J connectivity index is 1.95. The Hall–Kier alpha value is -1.57. The van der Waals surface area contributed by atoms with E-state index in [0.29, 0.717) is 5.78 Å². The molecule has 17 heavy (non-hydrogen) atoms. The molecule has 3 aliphatic heterocycles. The number of piperidine rings is 3. The number of hydrogen-bond acceptors (Lipinski definition) is 2. The third-order valence-electron chi connectivity index (χ3n) is 3.80. The first-order valence-corrected chi connectivity index (χ1v) is 6.31. The zero-order valence-corrected chi connectivity index (χ0v) is 10.1. The van der Waals surface area contributed by atoms with E-state index in [1.165, 1.54) is 5.56 Å². The minimum Gasteiger partial charge on any atom is -0.369 e. The molecular formula is C15H17NO. The van der Waals surface area contributed by atoms with E-state index in [0.717, 1.165) is 37.2 Å². The van der Waals surface area contributed by atoms with E-state index >= 15 is 0 Å². The number of fused-ring (bicyclic) bond motifs is 3. The van der Waals surface area contributed by atoms with Gasteiger partial charge in [0.2, 0.25) is 0 Å². The smallest absolute Gasteiger partial charge is 0.182 e. The van der Waals surface area contributed by atoms with Crippen LogP contribution in [-0.4, -0.2) is 23.8 Å². The molecule has 0 amide bonds. The molecule has 0 spiro atoms. The first-order chi connectivity index (χ1) is 8.24. The van der Waals surface area contributed by atoms with Gasteiger partial charge in [-0.1, -0.05) is 29.8 Å². The fourth-order valence-corrected chi connectivity index (χ4v) is 2.83. The molecule has 1 aromatic rings. The molecule has 4 rings (SSSR count). The molecule has 0 atom stereocenters. The lowest BCUT2D eigenvalue weighted by Gasteiger charge is -2.41. The van der Waals surface area contributed by atoms with Gasteiger partial charge in [0.15, 0.2) is 5.78 Å². The molecule has 1 aromatic carbocycles. The Morgan fingerprint density at radius 3 is 2.71 bits per heavy atom. The molecule has 3 aliphatic rings. The lowest BCUT2D eigenvalue weighted by Crippen LogP contribution is -2.45. The molecule has 0 radical (unpaired) electrons. The number of allylic oxidation sites excluding steroid dienone is 1. The van der Waals surface area contributed by atoms with Crippen LogP contribution in [0.2, 0.25) is 0 Å². The molecule has 2 nitrogen and oxygen atoms in total. The summed E-state index contributed by atoms with van der Waals surface area (Å²) in [6.45, 7) is 4.18. The molecule has 0 aromatic heterocycles. The van der Waals surface area contributed by atoms with Crippen LogP contribution >= 0.6 is 0 Å². The summed E-state index contributed by atoms with van der Waals surface area (Å²) in [5.41, 5.74) is 3.31. The average Bonchev–Trinajstić information content (AvgIpc) is 2.34. The molecule has 3 heterocycles. The highest BCUT2D eigenvalue weighted by Crippen LogP contribution is 2.32. The molecule has 2 bridgehead atoms. The van der Waals surface area contributed by atoms with Crippen molar-refractivity contribution in [3.63, 3.8) is 0 Å². The van der Waals surface area contributed by atoms with Gasteiger partial charge < -0.3 is 4.90 Å². The van der Waals surface area contributed by atoms with Crippen molar-refractivity contribution in [1.29, 1.82) is 0 Å². The maximum Gasteiger partial charge on any atom is 0.182 e. The van der Waals surface area contributed by atoms with E-state index in [-0.39, 0.29) is 5.92 Å². The predicted molar refractivity (Wildman–Crippen MR) is 68.5 cm³/mol. The first kappa shape index (κ1) is 10.6. The van der Waals surface area contributed by atoms with Crippen molar-refractivity contribution in [1.82, 2.24) is 4.90 Å².